The number of ether oxygens (including phenoxy) is 1. The first-order valence-corrected chi connectivity index (χ1v) is 10.5. The molecule has 1 aromatic carbocycles. The fraction of sp³-hybridized carbons (Fsp3) is 0.636. The Kier molecular flexibility index (Phi) is 8.78. The number of aryl methyl sites for hydroxylation is 2. The van der Waals surface area contributed by atoms with Crippen LogP contribution in [0.3, 0.4) is 0 Å². The lowest BCUT2D eigenvalue weighted by molar-refractivity contribution is -0.134. The van der Waals surface area contributed by atoms with Gasteiger partial charge in [0.25, 0.3) is 11.8 Å². The van der Waals surface area contributed by atoms with Gasteiger partial charge in [-0.1, -0.05) is 6.92 Å². The first-order valence-electron chi connectivity index (χ1n) is 10.5. The van der Waals surface area contributed by atoms with Gasteiger partial charge in [-0.15, -0.1) is 12.4 Å². The number of carbonyl (C=O) groups is 2. The van der Waals surface area contributed by atoms with Crippen LogP contribution in [0, 0.1) is 19.8 Å². The molecule has 0 bridgehead atoms. The summed E-state index contributed by atoms with van der Waals surface area (Å²) in [4.78, 5) is 26.9. The highest BCUT2D eigenvalue weighted by Gasteiger charge is 2.24. The molecule has 2 heterocycles. The third-order valence-electron chi connectivity index (χ3n) is 5.92. The van der Waals surface area contributed by atoms with Crippen molar-refractivity contribution in [3.05, 3.63) is 28.8 Å². The Labute approximate surface area is 180 Å². The van der Waals surface area contributed by atoms with E-state index in [9.17, 15) is 9.59 Å². The Hall–Kier alpha value is -1.79. The molecular weight excluding hydrogens is 390 g/mol. The first kappa shape index (κ1) is 23.5. The number of hydrogen-bond acceptors (Lipinski definition) is 4. The topological polar surface area (TPSA) is 70.7 Å². The zero-order valence-corrected chi connectivity index (χ0v) is 18.6. The quantitative estimate of drug-likeness (QED) is 0.763. The Morgan fingerprint density at radius 3 is 2.45 bits per heavy atom. The van der Waals surface area contributed by atoms with Crippen molar-refractivity contribution < 1.29 is 14.3 Å². The van der Waals surface area contributed by atoms with E-state index in [1.807, 2.05) is 30.9 Å². The van der Waals surface area contributed by atoms with Crippen molar-refractivity contribution in [3.63, 3.8) is 0 Å². The Morgan fingerprint density at radius 1 is 1.17 bits per heavy atom. The summed E-state index contributed by atoms with van der Waals surface area (Å²) in [5, 5.41) is 6.49. The van der Waals surface area contributed by atoms with E-state index in [2.05, 4.69) is 17.6 Å². The summed E-state index contributed by atoms with van der Waals surface area (Å²) in [5.74, 6) is 1.16. The molecule has 0 radical (unpaired) electrons. The van der Waals surface area contributed by atoms with Gasteiger partial charge in [0.1, 0.15) is 5.75 Å². The van der Waals surface area contributed by atoms with Crippen molar-refractivity contribution in [2.45, 2.75) is 52.5 Å². The highest BCUT2D eigenvalue weighted by molar-refractivity contribution is 5.95. The van der Waals surface area contributed by atoms with E-state index >= 15 is 0 Å². The molecule has 2 amide bonds. The van der Waals surface area contributed by atoms with E-state index in [-0.39, 0.29) is 36.9 Å². The van der Waals surface area contributed by atoms with Crippen LogP contribution in [0.4, 0.5) is 0 Å². The van der Waals surface area contributed by atoms with Crippen molar-refractivity contribution >= 4 is 24.2 Å². The standard InChI is InChI=1S/C22H33N3O3.ClH/c1-15-7-8-23-13-19(15)24-22(27)18-11-16(2)21(17(3)12-18)28-14-20(26)25-9-5-4-6-10-25;/h11-12,15,19,23H,4-10,13-14H2,1-3H3,(H,24,27);1H. The number of likely N-dealkylation sites (tertiary alicyclic amines) is 1. The van der Waals surface area contributed by atoms with E-state index in [1.165, 1.54) is 6.42 Å². The van der Waals surface area contributed by atoms with Crippen LogP contribution in [0.2, 0.25) is 0 Å². The molecule has 6 nitrogen and oxygen atoms in total. The molecule has 2 fully saturated rings. The number of amides is 2. The Morgan fingerprint density at radius 2 is 1.83 bits per heavy atom. The molecule has 0 spiro atoms. The number of rotatable bonds is 5. The summed E-state index contributed by atoms with van der Waals surface area (Å²) in [7, 11) is 0. The smallest absolute Gasteiger partial charge is 0.260 e. The van der Waals surface area contributed by atoms with Gasteiger partial charge >= 0.3 is 0 Å². The van der Waals surface area contributed by atoms with Gasteiger partial charge in [-0.3, -0.25) is 9.59 Å². The average molecular weight is 424 g/mol. The van der Waals surface area contributed by atoms with E-state index in [1.54, 1.807) is 0 Å². The fourth-order valence-corrected chi connectivity index (χ4v) is 4.11. The minimum absolute atomic E-state index is 0. The molecule has 2 aliphatic rings. The fourth-order valence-electron chi connectivity index (χ4n) is 4.11. The second-order valence-electron chi connectivity index (χ2n) is 8.22. The maximum Gasteiger partial charge on any atom is 0.260 e. The van der Waals surface area contributed by atoms with Gasteiger partial charge < -0.3 is 20.3 Å². The molecular formula is C22H34ClN3O3. The van der Waals surface area contributed by atoms with Crippen molar-refractivity contribution in [2.75, 3.05) is 32.8 Å². The van der Waals surface area contributed by atoms with Gasteiger partial charge in [-0.05, 0) is 75.3 Å². The third-order valence-corrected chi connectivity index (χ3v) is 5.92. The highest BCUT2D eigenvalue weighted by atomic mass is 35.5. The molecule has 7 heteroatoms. The lowest BCUT2D eigenvalue weighted by atomic mass is 9.94. The van der Waals surface area contributed by atoms with Crippen molar-refractivity contribution in [1.29, 1.82) is 0 Å². The maximum absolute atomic E-state index is 12.7. The van der Waals surface area contributed by atoms with Gasteiger partial charge in [-0.2, -0.15) is 0 Å². The van der Waals surface area contributed by atoms with Crippen molar-refractivity contribution in [3.8, 4) is 5.75 Å². The van der Waals surface area contributed by atoms with E-state index in [4.69, 9.17) is 4.74 Å². The zero-order chi connectivity index (χ0) is 20.1. The van der Waals surface area contributed by atoms with Crippen LogP contribution in [0.15, 0.2) is 12.1 Å². The minimum Gasteiger partial charge on any atom is -0.483 e. The summed E-state index contributed by atoms with van der Waals surface area (Å²) in [6.07, 6.45) is 4.41. The lowest BCUT2D eigenvalue weighted by Gasteiger charge is -2.30. The molecule has 0 aliphatic carbocycles. The predicted molar refractivity (Wildman–Crippen MR) is 117 cm³/mol. The Bertz CT molecular complexity index is 696. The van der Waals surface area contributed by atoms with Crippen LogP contribution in [0.25, 0.3) is 0 Å². The summed E-state index contributed by atoms with van der Waals surface area (Å²) < 4.78 is 5.85. The predicted octanol–water partition coefficient (Wildman–Crippen LogP) is 2.84. The molecule has 2 saturated heterocycles. The SMILES string of the molecule is Cc1cc(C(=O)NC2CNCCC2C)cc(C)c1OCC(=O)N1CCCCC1.Cl. The van der Waals surface area contributed by atoms with Crippen LogP contribution >= 0.6 is 12.4 Å². The monoisotopic (exact) mass is 423 g/mol. The Balaban J connectivity index is 0.00000300. The zero-order valence-electron chi connectivity index (χ0n) is 17.8. The van der Waals surface area contributed by atoms with Crippen molar-refractivity contribution in [2.24, 2.45) is 5.92 Å². The maximum atomic E-state index is 12.7. The molecule has 2 aliphatic heterocycles. The number of piperidine rings is 2. The summed E-state index contributed by atoms with van der Waals surface area (Å²) in [6.45, 7) is 9.56. The van der Waals surface area contributed by atoms with Crippen LogP contribution in [0.5, 0.6) is 5.75 Å². The number of benzene rings is 1. The van der Waals surface area contributed by atoms with E-state index < -0.39 is 0 Å². The number of nitrogens with zero attached hydrogens (tertiary/aromatic N) is 1. The van der Waals surface area contributed by atoms with Gasteiger partial charge in [0, 0.05) is 31.2 Å². The largest absolute Gasteiger partial charge is 0.483 e. The number of nitrogens with one attached hydrogen (secondary N) is 2. The first-order chi connectivity index (χ1) is 13.5. The second kappa shape index (κ2) is 10.8. The van der Waals surface area contributed by atoms with Crippen LogP contribution in [0.1, 0.15) is 54.1 Å². The second-order valence-corrected chi connectivity index (χ2v) is 8.22. The molecule has 2 N–H and O–H groups in total. The van der Waals surface area contributed by atoms with Crippen LogP contribution < -0.4 is 15.4 Å². The molecule has 3 rings (SSSR count). The summed E-state index contributed by atoms with van der Waals surface area (Å²) >= 11 is 0. The molecule has 29 heavy (non-hydrogen) atoms. The summed E-state index contributed by atoms with van der Waals surface area (Å²) in [6, 6.07) is 3.86. The average Bonchev–Trinajstić information content (AvgIpc) is 2.69. The molecule has 2 atom stereocenters. The van der Waals surface area contributed by atoms with E-state index in [0.717, 1.165) is 56.6 Å². The van der Waals surface area contributed by atoms with Gasteiger partial charge in [-0.25, -0.2) is 0 Å². The number of halogens is 1. The van der Waals surface area contributed by atoms with Gasteiger partial charge in [0.2, 0.25) is 0 Å². The summed E-state index contributed by atoms with van der Waals surface area (Å²) in [5.41, 5.74) is 2.40. The van der Waals surface area contributed by atoms with E-state index in [0.29, 0.717) is 17.2 Å². The lowest BCUT2D eigenvalue weighted by Crippen LogP contribution is -2.50. The third kappa shape index (κ3) is 6.09. The number of carbonyl (C=O) groups excluding carboxylic acids is 2. The van der Waals surface area contributed by atoms with Gasteiger partial charge in [0.05, 0.1) is 0 Å². The molecule has 0 saturated carbocycles. The number of hydrogen-bond donors (Lipinski definition) is 2. The molecule has 2 unspecified atom stereocenters. The molecule has 1 aromatic rings. The van der Waals surface area contributed by atoms with Crippen LogP contribution in [-0.4, -0.2) is 55.5 Å². The highest BCUT2D eigenvalue weighted by Crippen LogP contribution is 2.25. The van der Waals surface area contributed by atoms with Gasteiger partial charge in [0.15, 0.2) is 6.61 Å². The normalized spacial score (nSPS) is 21.8. The van der Waals surface area contributed by atoms with Crippen LogP contribution in [-0.2, 0) is 4.79 Å². The minimum atomic E-state index is -0.0531. The van der Waals surface area contributed by atoms with Crippen molar-refractivity contribution in [1.82, 2.24) is 15.5 Å². The molecule has 0 aromatic heterocycles. The molecule has 162 valence electrons.